The van der Waals surface area contributed by atoms with Gasteiger partial charge in [0.25, 0.3) is 5.91 Å². The van der Waals surface area contributed by atoms with E-state index >= 15 is 0 Å². The summed E-state index contributed by atoms with van der Waals surface area (Å²) in [5, 5.41) is 8.84. The van der Waals surface area contributed by atoms with E-state index in [1.54, 1.807) is 50.6 Å². The van der Waals surface area contributed by atoms with Crippen LogP contribution in [0.5, 0.6) is 17.2 Å². The van der Waals surface area contributed by atoms with E-state index in [4.69, 9.17) is 9.47 Å². The molecule has 0 aliphatic carbocycles. The van der Waals surface area contributed by atoms with Crippen molar-refractivity contribution >= 4 is 11.9 Å². The fraction of sp³-hybridized carbons (Fsp3) is 0.333. The number of halogens is 2. The van der Waals surface area contributed by atoms with E-state index in [0.29, 0.717) is 41.7 Å². The lowest BCUT2D eigenvalue weighted by molar-refractivity contribution is -0.0505. The number of amides is 1. The number of hydrogen-bond donors (Lipinski definition) is 3. The van der Waals surface area contributed by atoms with E-state index in [2.05, 4.69) is 25.7 Å². The van der Waals surface area contributed by atoms with Gasteiger partial charge in [0.2, 0.25) is 0 Å². The van der Waals surface area contributed by atoms with Crippen molar-refractivity contribution in [3.8, 4) is 17.2 Å². The highest BCUT2D eigenvalue weighted by molar-refractivity contribution is 5.94. The minimum absolute atomic E-state index is 0.0468. The van der Waals surface area contributed by atoms with Gasteiger partial charge in [0, 0.05) is 37.8 Å². The Hall–Kier alpha value is -3.56. The fourth-order valence-corrected chi connectivity index (χ4v) is 2.63. The molecule has 0 saturated heterocycles. The van der Waals surface area contributed by atoms with Gasteiger partial charge < -0.3 is 30.2 Å². The van der Waals surface area contributed by atoms with E-state index in [1.807, 2.05) is 0 Å². The van der Waals surface area contributed by atoms with Crippen LogP contribution in [0.25, 0.3) is 0 Å². The number of rotatable bonds is 10. The van der Waals surface area contributed by atoms with Crippen molar-refractivity contribution in [3.63, 3.8) is 0 Å². The molecular weight excluding hydrogens is 410 g/mol. The smallest absolute Gasteiger partial charge is 0.387 e. The molecular formula is C21H26F2N4O4. The predicted octanol–water partition coefficient (Wildman–Crippen LogP) is 2.40. The first kappa shape index (κ1) is 23.7. The van der Waals surface area contributed by atoms with E-state index in [1.165, 1.54) is 13.2 Å². The summed E-state index contributed by atoms with van der Waals surface area (Å²) in [5.41, 5.74) is 1.00. The lowest BCUT2D eigenvalue weighted by Crippen LogP contribution is -2.41. The summed E-state index contributed by atoms with van der Waals surface area (Å²) >= 11 is 0. The van der Waals surface area contributed by atoms with Gasteiger partial charge in [0.15, 0.2) is 5.96 Å². The summed E-state index contributed by atoms with van der Waals surface area (Å²) in [5.74, 6) is 1.46. The van der Waals surface area contributed by atoms with Gasteiger partial charge >= 0.3 is 6.61 Å². The van der Waals surface area contributed by atoms with Gasteiger partial charge in [-0.2, -0.15) is 8.78 Å². The number of guanidine groups is 1. The number of carbonyl (C=O) groups is 1. The summed E-state index contributed by atoms with van der Waals surface area (Å²) in [6.07, 6.45) is 0. The maximum Gasteiger partial charge on any atom is 0.387 e. The van der Waals surface area contributed by atoms with Crippen LogP contribution in [0.4, 0.5) is 8.78 Å². The molecule has 3 N–H and O–H groups in total. The van der Waals surface area contributed by atoms with E-state index in [9.17, 15) is 13.6 Å². The predicted molar refractivity (Wildman–Crippen MR) is 113 cm³/mol. The van der Waals surface area contributed by atoms with Crippen molar-refractivity contribution in [2.24, 2.45) is 4.99 Å². The van der Waals surface area contributed by atoms with Gasteiger partial charge in [-0.05, 0) is 42.5 Å². The molecule has 2 rings (SSSR count). The fourth-order valence-electron chi connectivity index (χ4n) is 2.63. The second-order valence-corrected chi connectivity index (χ2v) is 6.19. The number of alkyl halides is 2. The van der Waals surface area contributed by atoms with Crippen LogP contribution < -0.4 is 30.2 Å². The Labute approximate surface area is 179 Å². The van der Waals surface area contributed by atoms with Crippen molar-refractivity contribution < 1.29 is 27.8 Å². The minimum atomic E-state index is -2.93. The Kier molecular flexibility index (Phi) is 9.34. The highest BCUT2D eigenvalue weighted by Gasteiger charge is 2.12. The minimum Gasteiger partial charge on any atom is -0.497 e. The molecule has 2 aromatic rings. The van der Waals surface area contributed by atoms with Crippen LogP contribution in [0.15, 0.2) is 47.5 Å². The topological polar surface area (TPSA) is 93.2 Å². The lowest BCUT2D eigenvalue weighted by atomic mass is 10.2. The molecule has 0 spiro atoms. The second-order valence-electron chi connectivity index (χ2n) is 6.19. The van der Waals surface area contributed by atoms with Crippen molar-refractivity contribution in [3.05, 3.63) is 53.6 Å². The van der Waals surface area contributed by atoms with Crippen LogP contribution in [-0.2, 0) is 6.54 Å². The van der Waals surface area contributed by atoms with Crippen molar-refractivity contribution in [2.75, 3.05) is 34.4 Å². The maximum atomic E-state index is 12.6. The normalized spacial score (nSPS) is 11.1. The molecule has 1 amide bonds. The average molecular weight is 436 g/mol. The quantitative estimate of drug-likeness (QED) is 0.301. The third kappa shape index (κ3) is 7.65. The summed E-state index contributed by atoms with van der Waals surface area (Å²) in [6, 6.07) is 11.3. The first-order valence-electron chi connectivity index (χ1n) is 9.45. The van der Waals surface area contributed by atoms with Crippen LogP contribution >= 0.6 is 0 Å². The molecule has 0 unspecified atom stereocenters. The number of ether oxygens (including phenoxy) is 3. The van der Waals surface area contributed by atoms with Crippen molar-refractivity contribution in [1.82, 2.24) is 16.0 Å². The first-order valence-corrected chi connectivity index (χ1v) is 9.45. The Morgan fingerprint density at radius 2 is 1.61 bits per heavy atom. The molecule has 0 saturated carbocycles. The summed E-state index contributed by atoms with van der Waals surface area (Å²) in [6.45, 7) is -2.00. The molecule has 0 aliphatic heterocycles. The lowest BCUT2D eigenvalue weighted by Gasteiger charge is -2.15. The van der Waals surface area contributed by atoms with Crippen LogP contribution in [0.3, 0.4) is 0 Å². The molecule has 31 heavy (non-hydrogen) atoms. The Morgan fingerprint density at radius 1 is 0.968 bits per heavy atom. The number of carbonyl (C=O) groups excluding carboxylic acids is 1. The zero-order chi connectivity index (χ0) is 22.6. The number of nitrogens with one attached hydrogen (secondary N) is 3. The molecule has 168 valence electrons. The summed E-state index contributed by atoms with van der Waals surface area (Å²) in [4.78, 5) is 16.2. The second kappa shape index (κ2) is 12.2. The standard InChI is InChI=1S/C21H26F2N4O4/c1-24-21(26-11-10-25-19(28)14-4-6-16(29-2)7-5-14)27-13-15-12-17(30-3)8-9-18(15)31-20(22)23/h4-9,12,20H,10-11,13H2,1-3H3,(H,25,28)(H2,24,26,27). The molecule has 0 bridgehead atoms. The first-order chi connectivity index (χ1) is 15.0. The molecule has 10 heteroatoms. The van der Waals surface area contributed by atoms with Gasteiger partial charge in [-0.15, -0.1) is 0 Å². The Bertz CT molecular complexity index is 876. The molecule has 0 heterocycles. The van der Waals surface area contributed by atoms with Gasteiger partial charge in [-0.25, -0.2) is 0 Å². The molecule has 0 atom stereocenters. The highest BCUT2D eigenvalue weighted by atomic mass is 19.3. The molecule has 0 radical (unpaired) electrons. The number of nitrogens with zero attached hydrogens (tertiary/aromatic N) is 1. The van der Waals surface area contributed by atoms with E-state index in [-0.39, 0.29) is 18.2 Å². The van der Waals surface area contributed by atoms with Crippen LogP contribution in [-0.4, -0.2) is 52.8 Å². The highest BCUT2D eigenvalue weighted by Crippen LogP contribution is 2.25. The summed E-state index contributed by atoms with van der Waals surface area (Å²) in [7, 11) is 4.62. The van der Waals surface area contributed by atoms with Crippen LogP contribution in [0.2, 0.25) is 0 Å². The van der Waals surface area contributed by atoms with E-state index < -0.39 is 6.61 Å². The third-order valence-electron chi connectivity index (χ3n) is 4.21. The zero-order valence-electron chi connectivity index (χ0n) is 17.6. The number of benzene rings is 2. The van der Waals surface area contributed by atoms with E-state index in [0.717, 1.165) is 0 Å². The Morgan fingerprint density at radius 3 is 2.23 bits per heavy atom. The SMILES string of the molecule is CN=C(NCCNC(=O)c1ccc(OC)cc1)NCc1cc(OC)ccc1OC(F)F. The van der Waals surface area contributed by atoms with Crippen LogP contribution in [0.1, 0.15) is 15.9 Å². The Balaban J connectivity index is 1.82. The summed E-state index contributed by atoms with van der Waals surface area (Å²) < 4.78 is 40.0. The van der Waals surface area contributed by atoms with Gasteiger partial charge in [-0.1, -0.05) is 0 Å². The number of aliphatic imine (C=N–C) groups is 1. The van der Waals surface area contributed by atoms with Crippen molar-refractivity contribution in [1.29, 1.82) is 0 Å². The monoisotopic (exact) mass is 436 g/mol. The number of hydrogen-bond acceptors (Lipinski definition) is 5. The zero-order valence-corrected chi connectivity index (χ0v) is 17.6. The molecule has 0 fully saturated rings. The number of methoxy groups -OCH3 is 2. The average Bonchev–Trinajstić information content (AvgIpc) is 2.78. The third-order valence-corrected chi connectivity index (χ3v) is 4.21. The molecule has 2 aromatic carbocycles. The van der Waals surface area contributed by atoms with Crippen LogP contribution in [0, 0.1) is 0 Å². The van der Waals surface area contributed by atoms with Gasteiger partial charge in [-0.3, -0.25) is 9.79 Å². The van der Waals surface area contributed by atoms with Gasteiger partial charge in [0.1, 0.15) is 17.2 Å². The molecule has 0 aliphatic rings. The molecule has 8 nitrogen and oxygen atoms in total. The largest absolute Gasteiger partial charge is 0.497 e. The molecule has 0 aromatic heterocycles. The maximum absolute atomic E-state index is 12.6. The van der Waals surface area contributed by atoms with Crippen molar-refractivity contribution in [2.45, 2.75) is 13.2 Å². The van der Waals surface area contributed by atoms with Gasteiger partial charge in [0.05, 0.1) is 14.2 Å².